The molecule has 5 heteroatoms. The Morgan fingerprint density at radius 2 is 2.27 bits per heavy atom. The minimum absolute atomic E-state index is 0.163. The van der Waals surface area contributed by atoms with Crippen molar-refractivity contribution in [1.82, 2.24) is 0 Å². The smallest absolute Gasteiger partial charge is 0.339 e. The number of phenolic OH excluding ortho intramolecular Hbond substituents is 1. The molecule has 0 spiro atoms. The Bertz CT molecular complexity index is 355. The number of hydrogen-bond donors (Lipinski definition) is 1. The summed E-state index contributed by atoms with van der Waals surface area (Å²) in [6, 6.07) is 5.76. The summed E-state index contributed by atoms with van der Waals surface area (Å²) in [7, 11) is 1.14. The lowest BCUT2D eigenvalue weighted by Crippen LogP contribution is -2.08. The lowest BCUT2D eigenvalue weighted by molar-refractivity contribution is 0.0504. The number of aromatic hydroxyl groups is 1. The number of hydrogen-bond acceptors (Lipinski definition) is 3. The van der Waals surface area contributed by atoms with E-state index >= 15 is 0 Å². The first-order valence-corrected chi connectivity index (χ1v) is 7.30. The van der Waals surface area contributed by atoms with Crippen molar-refractivity contribution in [3.63, 3.8) is 0 Å². The Labute approximate surface area is 105 Å². The monoisotopic (exact) mass is 336 g/mol. The molecule has 0 aliphatic heterocycles. The molecule has 1 N–H and O–H groups in total. The minimum Gasteiger partial charge on any atom is -0.508 e. The van der Waals surface area contributed by atoms with E-state index in [1.165, 1.54) is 6.07 Å². The van der Waals surface area contributed by atoms with Gasteiger partial charge in [0, 0.05) is 13.8 Å². The molecule has 0 radical (unpaired) electrons. The molecule has 0 bridgehead atoms. The lowest BCUT2D eigenvalue weighted by Gasteiger charge is -2.05. The molecule has 0 aliphatic rings. The molecule has 0 saturated carbocycles. The average molecular weight is 336 g/mol. The average Bonchev–Trinajstić information content (AvgIpc) is 2.17. The Morgan fingerprint density at radius 3 is 2.87 bits per heavy atom. The van der Waals surface area contributed by atoms with Crippen LogP contribution in [0.25, 0.3) is 0 Å². The van der Waals surface area contributed by atoms with Crippen molar-refractivity contribution in [2.24, 2.45) is 0 Å². The molecule has 0 aromatic heterocycles. The van der Waals surface area contributed by atoms with Gasteiger partial charge in [0.05, 0.1) is 12.2 Å². The van der Waals surface area contributed by atoms with Crippen LogP contribution in [-0.4, -0.2) is 27.9 Å². The molecule has 0 unspecified atom stereocenters. The van der Waals surface area contributed by atoms with Gasteiger partial charge in [0.1, 0.15) is 5.75 Å². The topological polar surface area (TPSA) is 46.5 Å². The van der Waals surface area contributed by atoms with E-state index in [9.17, 15) is 9.90 Å². The van der Waals surface area contributed by atoms with E-state index in [4.69, 9.17) is 4.74 Å². The number of carbonyl (C=O) groups is 1. The summed E-state index contributed by atoms with van der Waals surface area (Å²) in [4.78, 5) is 11.6. The van der Waals surface area contributed by atoms with E-state index < -0.39 is 0 Å². The molecule has 0 fully saturated rings. The van der Waals surface area contributed by atoms with Gasteiger partial charge in [-0.15, -0.1) is 0 Å². The second-order valence-electron chi connectivity index (χ2n) is 3.15. The molecule has 0 heterocycles. The van der Waals surface area contributed by atoms with Crippen LogP contribution in [0.2, 0.25) is 6.04 Å². The highest BCUT2D eigenvalue weighted by Crippen LogP contribution is 2.19. The van der Waals surface area contributed by atoms with Gasteiger partial charge in [-0.05, 0) is 47.2 Å². The second-order valence-corrected chi connectivity index (χ2v) is 5.32. The van der Waals surface area contributed by atoms with Gasteiger partial charge >= 0.3 is 5.97 Å². The van der Waals surface area contributed by atoms with Crippen LogP contribution >= 0.6 is 22.6 Å². The van der Waals surface area contributed by atoms with Crippen LogP contribution in [0, 0.1) is 3.57 Å². The first kappa shape index (κ1) is 12.5. The van der Waals surface area contributed by atoms with Crippen LogP contribution < -0.4 is 0 Å². The summed E-state index contributed by atoms with van der Waals surface area (Å²) in [6.45, 7) is 0.485. The molecule has 82 valence electrons. The maximum absolute atomic E-state index is 11.6. The van der Waals surface area contributed by atoms with Crippen molar-refractivity contribution in [2.45, 2.75) is 12.5 Å². The number of ether oxygens (including phenoxy) is 1. The van der Waals surface area contributed by atoms with E-state index in [-0.39, 0.29) is 11.7 Å². The van der Waals surface area contributed by atoms with Crippen LogP contribution in [0.3, 0.4) is 0 Å². The van der Waals surface area contributed by atoms with Gasteiger partial charge < -0.3 is 9.84 Å². The highest BCUT2D eigenvalue weighted by Gasteiger charge is 2.11. The zero-order valence-corrected chi connectivity index (χ0v) is 12.7. The third-order valence-corrected chi connectivity index (χ3v) is 3.50. The lowest BCUT2D eigenvalue weighted by atomic mass is 10.2. The Balaban J connectivity index is 2.65. The predicted octanol–water partition coefficient (Wildman–Crippen LogP) is 1.33. The van der Waals surface area contributed by atoms with E-state index in [1.54, 1.807) is 12.1 Å². The molecule has 0 saturated heterocycles. The number of rotatable bonds is 4. The molecule has 0 atom stereocenters. The fourth-order valence-electron chi connectivity index (χ4n) is 1.06. The van der Waals surface area contributed by atoms with Gasteiger partial charge in [-0.2, -0.15) is 0 Å². The van der Waals surface area contributed by atoms with E-state index in [0.29, 0.717) is 15.7 Å². The highest BCUT2D eigenvalue weighted by molar-refractivity contribution is 14.1. The normalized spacial score (nSPS) is 10.2. The van der Waals surface area contributed by atoms with Crippen molar-refractivity contribution in [3.05, 3.63) is 27.3 Å². The van der Waals surface area contributed by atoms with Crippen molar-refractivity contribution < 1.29 is 14.6 Å². The molecule has 1 aromatic rings. The van der Waals surface area contributed by atoms with E-state index in [2.05, 4.69) is 0 Å². The molecular formula is C10H13IO3Si. The molecule has 3 nitrogen and oxygen atoms in total. The third-order valence-electron chi connectivity index (χ3n) is 1.90. The van der Waals surface area contributed by atoms with Gasteiger partial charge in [-0.3, -0.25) is 0 Å². The molecule has 1 aromatic carbocycles. The van der Waals surface area contributed by atoms with Crippen LogP contribution in [0.1, 0.15) is 16.8 Å². The fraction of sp³-hybridized carbons (Fsp3) is 0.300. The highest BCUT2D eigenvalue weighted by atomic mass is 127. The quantitative estimate of drug-likeness (QED) is 0.391. The Kier molecular flexibility index (Phi) is 5.10. The second kappa shape index (κ2) is 6.11. The van der Waals surface area contributed by atoms with E-state index in [1.807, 2.05) is 22.6 Å². The zero-order chi connectivity index (χ0) is 11.3. The molecular weight excluding hydrogens is 323 g/mol. The zero-order valence-electron chi connectivity index (χ0n) is 8.50. The number of phenols is 1. The van der Waals surface area contributed by atoms with Crippen LogP contribution in [0.5, 0.6) is 5.75 Å². The number of halogens is 1. The first-order valence-electron chi connectivity index (χ1n) is 4.80. The van der Waals surface area contributed by atoms with Crippen molar-refractivity contribution >= 4 is 38.8 Å². The van der Waals surface area contributed by atoms with Gasteiger partial charge in [-0.1, -0.05) is 6.04 Å². The molecule has 0 amide bonds. The van der Waals surface area contributed by atoms with Gasteiger partial charge in [0.15, 0.2) is 0 Å². The Morgan fingerprint density at radius 1 is 1.53 bits per heavy atom. The summed E-state index contributed by atoms with van der Waals surface area (Å²) in [6.07, 6.45) is 0.937. The van der Waals surface area contributed by atoms with Gasteiger partial charge in [0.2, 0.25) is 0 Å². The van der Waals surface area contributed by atoms with Crippen molar-refractivity contribution in [1.29, 1.82) is 0 Å². The van der Waals surface area contributed by atoms with E-state index in [0.717, 1.165) is 22.7 Å². The summed E-state index contributed by atoms with van der Waals surface area (Å²) in [5.41, 5.74) is 0.516. The summed E-state index contributed by atoms with van der Waals surface area (Å²) in [5.74, 6) is -0.148. The predicted molar refractivity (Wildman–Crippen MR) is 70.5 cm³/mol. The number of carbonyl (C=O) groups excluding carboxylic acids is 1. The summed E-state index contributed by atoms with van der Waals surface area (Å²) >= 11 is 2.01. The van der Waals surface area contributed by atoms with Gasteiger partial charge in [0.25, 0.3) is 0 Å². The van der Waals surface area contributed by atoms with Crippen molar-refractivity contribution in [2.75, 3.05) is 6.61 Å². The van der Waals surface area contributed by atoms with Crippen LogP contribution in [0.15, 0.2) is 18.2 Å². The fourth-order valence-corrected chi connectivity index (χ4v) is 2.06. The standard InChI is InChI=1S/C10H13IO3Si/c11-9-6-7(12)2-3-8(9)10(13)14-4-1-5-15/h2-3,6,12H,1,4-5H2,15H3. The largest absolute Gasteiger partial charge is 0.508 e. The van der Waals surface area contributed by atoms with Crippen LogP contribution in [0.4, 0.5) is 0 Å². The number of benzene rings is 1. The van der Waals surface area contributed by atoms with Crippen LogP contribution in [-0.2, 0) is 4.74 Å². The summed E-state index contributed by atoms with van der Waals surface area (Å²) < 4.78 is 5.80. The summed E-state index contributed by atoms with van der Waals surface area (Å²) in [5, 5.41) is 9.18. The minimum atomic E-state index is -0.311. The maximum atomic E-state index is 11.6. The van der Waals surface area contributed by atoms with Crippen molar-refractivity contribution in [3.8, 4) is 5.75 Å². The molecule has 1 rings (SSSR count). The Hall–Kier alpha value is -0.563. The number of esters is 1. The van der Waals surface area contributed by atoms with Gasteiger partial charge in [-0.25, -0.2) is 4.79 Å². The third kappa shape index (κ3) is 3.82. The molecule has 0 aliphatic carbocycles. The SMILES string of the molecule is O=C(OCCC[SiH3])c1ccc(O)cc1I. The molecule has 15 heavy (non-hydrogen) atoms. The first-order chi connectivity index (χ1) is 7.15. The maximum Gasteiger partial charge on any atom is 0.339 e.